The summed E-state index contributed by atoms with van der Waals surface area (Å²) in [5, 5.41) is 11.6. The Balaban J connectivity index is 1.85. The van der Waals surface area contributed by atoms with Crippen molar-refractivity contribution < 1.29 is 46.0 Å². The summed E-state index contributed by atoms with van der Waals surface area (Å²) in [6.45, 7) is 0. The van der Waals surface area contributed by atoms with E-state index in [0.717, 1.165) is 18.2 Å². The molecule has 12 heteroatoms. The van der Waals surface area contributed by atoms with Crippen LogP contribution in [0.2, 0.25) is 0 Å². The number of hydrogen-bond acceptors (Lipinski definition) is 8. The molecule has 0 fully saturated rings. The second-order valence-corrected chi connectivity index (χ2v) is 8.36. The Morgan fingerprint density at radius 2 is 1.25 bits per heavy atom. The van der Waals surface area contributed by atoms with Crippen LogP contribution in [0.5, 0.6) is 0 Å². The molecular weight excluding hydrogens is 470 g/mol. The van der Waals surface area contributed by atoms with E-state index >= 15 is 0 Å². The van der Waals surface area contributed by atoms with Gasteiger partial charge >= 0.3 is 0 Å². The number of halogens is 2. The van der Waals surface area contributed by atoms with E-state index in [4.69, 9.17) is 9.81 Å². The van der Waals surface area contributed by atoms with Crippen LogP contribution >= 0.6 is 12.0 Å². The number of ketones is 2. The first-order valence-electron chi connectivity index (χ1n) is 8.52. The molecule has 0 aliphatic heterocycles. The maximum absolute atomic E-state index is 13.7. The molecule has 0 amide bonds. The molecule has 166 valence electrons. The van der Waals surface area contributed by atoms with Crippen LogP contribution < -0.4 is 0 Å². The third kappa shape index (κ3) is 5.24. The highest BCUT2D eigenvalue weighted by Gasteiger charge is 2.20. The van der Waals surface area contributed by atoms with Gasteiger partial charge in [-0.05, 0) is 36.4 Å². The predicted octanol–water partition coefficient (Wildman–Crippen LogP) is 4.10. The second kappa shape index (κ2) is 9.65. The fraction of sp³-hybridized carbons (Fsp3) is 0. The third-order valence-electron chi connectivity index (χ3n) is 4.23. The van der Waals surface area contributed by atoms with E-state index in [9.17, 15) is 26.8 Å². The Morgan fingerprint density at radius 1 is 0.781 bits per heavy atom. The first-order valence-corrected chi connectivity index (χ1v) is 10.7. The van der Waals surface area contributed by atoms with Crippen molar-refractivity contribution >= 4 is 33.7 Å². The van der Waals surface area contributed by atoms with E-state index < -0.39 is 38.2 Å². The molecule has 2 N–H and O–H groups in total. The molecule has 0 atom stereocenters. The van der Waals surface area contributed by atoms with Crippen LogP contribution in [0.3, 0.4) is 0 Å². The van der Waals surface area contributed by atoms with Crippen LogP contribution in [-0.2, 0) is 19.5 Å². The van der Waals surface area contributed by atoms with Crippen molar-refractivity contribution in [3.8, 4) is 0 Å². The van der Waals surface area contributed by atoms with E-state index in [0.29, 0.717) is 18.1 Å². The Kier molecular flexibility index (Phi) is 7.13. The van der Waals surface area contributed by atoms with Crippen molar-refractivity contribution in [1.29, 1.82) is 0 Å². The van der Waals surface area contributed by atoms with Gasteiger partial charge in [-0.2, -0.15) is 8.42 Å². The molecule has 0 unspecified atom stereocenters. The number of carbonyl (C=O) groups excluding carboxylic acids is 2. The summed E-state index contributed by atoms with van der Waals surface area (Å²) in [4.78, 5) is 24.1. The summed E-state index contributed by atoms with van der Waals surface area (Å²) < 4.78 is 63.1. The van der Waals surface area contributed by atoms with Gasteiger partial charge in [0.25, 0.3) is 10.1 Å². The molecule has 0 saturated heterocycles. The quantitative estimate of drug-likeness (QED) is 0.160. The maximum atomic E-state index is 13.7. The van der Waals surface area contributed by atoms with Gasteiger partial charge in [-0.15, -0.1) is 4.33 Å². The zero-order valence-electron chi connectivity index (χ0n) is 15.7. The van der Waals surface area contributed by atoms with Gasteiger partial charge < -0.3 is 0 Å². The second-order valence-electron chi connectivity index (χ2n) is 6.23. The molecule has 3 aromatic carbocycles. The number of benzene rings is 3. The van der Waals surface area contributed by atoms with E-state index in [2.05, 4.69) is 9.37 Å². The summed E-state index contributed by atoms with van der Waals surface area (Å²) >= 11 is 0.350. The van der Waals surface area contributed by atoms with Gasteiger partial charge in [-0.1, -0.05) is 29.3 Å². The molecule has 8 nitrogen and oxygen atoms in total. The summed E-state index contributed by atoms with van der Waals surface area (Å²) in [5.74, 6) is -3.10. The van der Waals surface area contributed by atoms with Gasteiger partial charge in [0, 0.05) is 22.3 Å². The minimum Gasteiger partial charge on any atom is -0.289 e. The van der Waals surface area contributed by atoms with Crippen molar-refractivity contribution in [2.24, 2.45) is 0 Å². The minimum absolute atomic E-state index is 0.0679. The average Bonchev–Trinajstić information content (AvgIpc) is 2.77. The highest BCUT2D eigenvalue weighted by atomic mass is 32.2. The molecule has 3 aromatic rings. The summed E-state index contributed by atoms with van der Waals surface area (Å²) in [7, 11) is -4.86. The topological polar surface area (TPSA) is 127 Å². The highest BCUT2D eigenvalue weighted by Crippen LogP contribution is 2.25. The minimum atomic E-state index is -4.86. The Labute approximate surface area is 184 Å². The fourth-order valence-electron chi connectivity index (χ4n) is 2.71. The molecule has 0 heterocycles. The van der Waals surface area contributed by atoms with Gasteiger partial charge in [0.1, 0.15) is 16.5 Å². The standard InChI is InChI=1S/C20H12F2O8S2/c21-15-7-5-13(9-17(15)31-30-29-25)19(23)11-1-3-12(4-2-11)20(24)14-6-8-16(22)18(10-14)32(26,27)28/h1-10,25H,(H,26,27,28). The van der Waals surface area contributed by atoms with Crippen LogP contribution in [0.25, 0.3) is 0 Å². The molecule has 0 aromatic heterocycles. The zero-order valence-corrected chi connectivity index (χ0v) is 17.3. The smallest absolute Gasteiger partial charge is 0.289 e. The van der Waals surface area contributed by atoms with Crippen LogP contribution in [0, 0.1) is 11.6 Å². The number of rotatable bonds is 8. The Hall–Kier alpha value is -3.00. The zero-order chi connectivity index (χ0) is 23.5. The van der Waals surface area contributed by atoms with E-state index in [1.807, 2.05) is 0 Å². The average molecular weight is 482 g/mol. The number of hydrogen-bond donors (Lipinski definition) is 2. The van der Waals surface area contributed by atoms with Crippen molar-refractivity contribution in [1.82, 2.24) is 0 Å². The fourth-order valence-corrected chi connectivity index (χ4v) is 3.73. The van der Waals surface area contributed by atoms with Crippen molar-refractivity contribution in [3.63, 3.8) is 0 Å². The third-order valence-corrected chi connectivity index (χ3v) is 5.72. The lowest BCUT2D eigenvalue weighted by atomic mass is 9.98. The summed E-state index contributed by atoms with van der Waals surface area (Å²) in [6, 6.07) is 11.2. The maximum Gasteiger partial charge on any atom is 0.297 e. The number of carbonyl (C=O) groups is 2. The van der Waals surface area contributed by atoms with Gasteiger partial charge in [0.15, 0.2) is 11.6 Å². The van der Waals surface area contributed by atoms with E-state index in [1.165, 1.54) is 36.4 Å². The SMILES string of the molecule is O=C(c1ccc(C(=O)c2ccc(F)c(S(=O)(=O)O)c2)cc1)c1ccc(F)c(SOOO)c1. The summed E-state index contributed by atoms with van der Waals surface area (Å²) in [5.41, 5.74) is 0.120. The van der Waals surface area contributed by atoms with Crippen molar-refractivity contribution in [3.05, 3.63) is 94.6 Å². The largest absolute Gasteiger partial charge is 0.297 e. The van der Waals surface area contributed by atoms with Crippen LogP contribution in [0.1, 0.15) is 31.8 Å². The molecular formula is C20H12F2O8S2. The molecule has 0 radical (unpaired) electrons. The van der Waals surface area contributed by atoms with Gasteiger partial charge in [-0.3, -0.25) is 14.1 Å². The first kappa shape index (κ1) is 23.7. The van der Waals surface area contributed by atoms with Crippen molar-refractivity contribution in [2.45, 2.75) is 9.79 Å². The molecule has 0 saturated carbocycles. The Bertz CT molecular complexity index is 1290. The lowest BCUT2D eigenvalue weighted by Gasteiger charge is -2.07. The van der Waals surface area contributed by atoms with E-state index in [1.54, 1.807) is 0 Å². The Morgan fingerprint density at radius 3 is 1.75 bits per heavy atom. The molecule has 0 spiro atoms. The molecule has 32 heavy (non-hydrogen) atoms. The molecule has 0 aliphatic carbocycles. The van der Waals surface area contributed by atoms with Crippen LogP contribution in [-0.4, -0.2) is 29.8 Å². The lowest BCUT2D eigenvalue weighted by Crippen LogP contribution is -2.07. The molecule has 3 rings (SSSR count). The van der Waals surface area contributed by atoms with Gasteiger partial charge in [0.2, 0.25) is 0 Å². The summed E-state index contributed by atoms with van der Waals surface area (Å²) in [6.07, 6.45) is 0. The normalized spacial score (nSPS) is 11.4. The molecule has 0 bridgehead atoms. The van der Waals surface area contributed by atoms with Crippen LogP contribution in [0.15, 0.2) is 70.5 Å². The van der Waals surface area contributed by atoms with Crippen molar-refractivity contribution in [2.75, 3.05) is 0 Å². The monoisotopic (exact) mass is 482 g/mol. The predicted molar refractivity (Wildman–Crippen MR) is 107 cm³/mol. The molecule has 0 aliphatic rings. The first-order chi connectivity index (χ1) is 15.1. The lowest BCUT2D eigenvalue weighted by molar-refractivity contribution is -0.432. The van der Waals surface area contributed by atoms with Crippen LogP contribution in [0.4, 0.5) is 8.78 Å². The van der Waals surface area contributed by atoms with Gasteiger partial charge in [0.05, 0.1) is 16.9 Å². The van der Waals surface area contributed by atoms with Gasteiger partial charge in [-0.25, -0.2) is 14.0 Å². The highest BCUT2D eigenvalue weighted by molar-refractivity contribution is 7.94. The van der Waals surface area contributed by atoms with E-state index in [-0.39, 0.29) is 27.1 Å².